The van der Waals surface area contributed by atoms with Gasteiger partial charge in [0.05, 0.1) is 26.4 Å². The van der Waals surface area contributed by atoms with Crippen LogP contribution in [0.25, 0.3) is 0 Å². The van der Waals surface area contributed by atoms with E-state index in [-0.39, 0.29) is 26.4 Å². The highest BCUT2D eigenvalue weighted by molar-refractivity contribution is 6.91. The predicted molar refractivity (Wildman–Crippen MR) is 124 cm³/mol. The molecule has 0 aliphatic rings. The van der Waals surface area contributed by atoms with E-state index in [4.69, 9.17) is 28.2 Å². The van der Waals surface area contributed by atoms with Crippen molar-refractivity contribution >= 4 is 22.1 Å². The van der Waals surface area contributed by atoms with Gasteiger partial charge in [-0.3, -0.25) is 0 Å². The van der Waals surface area contributed by atoms with E-state index < -0.39 is 29.1 Å². The number of benzene rings is 1. The van der Waals surface area contributed by atoms with Crippen LogP contribution in [0, 0.1) is 0 Å². The Hall–Kier alpha value is -0.666. The lowest BCUT2D eigenvalue weighted by atomic mass is 10.4. The normalized spacial score (nSPS) is 16.1. The maximum absolute atomic E-state index is 9.41. The average molecular weight is 477 g/mol. The van der Waals surface area contributed by atoms with Crippen molar-refractivity contribution in [1.82, 2.24) is 0 Å². The molecule has 4 N–H and O–H groups in total. The van der Waals surface area contributed by atoms with Crippen molar-refractivity contribution in [2.45, 2.75) is 50.2 Å². The number of ether oxygens (including phenoxy) is 2. The summed E-state index contributed by atoms with van der Waals surface area (Å²) < 4.78 is 23.8. The first-order valence-corrected chi connectivity index (χ1v) is 16.0. The molecule has 0 aromatic heterocycles. The zero-order chi connectivity index (χ0) is 23.2. The van der Waals surface area contributed by atoms with Crippen LogP contribution < -0.4 is 5.19 Å². The quantitative estimate of drug-likeness (QED) is 0.181. The summed E-state index contributed by atoms with van der Waals surface area (Å²) in [7, 11) is -3.09. The highest BCUT2D eigenvalue weighted by Gasteiger charge is 2.42. The van der Waals surface area contributed by atoms with Crippen molar-refractivity contribution in [3.05, 3.63) is 30.3 Å². The Balaban J connectivity index is 2.73. The maximum atomic E-state index is 9.41. The number of aliphatic hydroxyl groups is 4. The summed E-state index contributed by atoms with van der Waals surface area (Å²) in [6.07, 6.45) is -0.281. The summed E-state index contributed by atoms with van der Waals surface area (Å²) in [6.45, 7) is 4.81. The van der Waals surface area contributed by atoms with Gasteiger partial charge in [0.2, 0.25) is 8.32 Å². The first-order valence-electron chi connectivity index (χ1n) is 10.8. The third-order valence-corrected chi connectivity index (χ3v) is 13.2. The minimum absolute atomic E-state index is 0.101. The molecule has 2 unspecified atom stereocenters. The van der Waals surface area contributed by atoms with Crippen LogP contribution in [0.1, 0.15) is 12.8 Å². The van der Waals surface area contributed by atoms with Crippen molar-refractivity contribution in [2.75, 3.05) is 46.8 Å². The summed E-state index contributed by atoms with van der Waals surface area (Å²) in [5.41, 5.74) is 0. The second-order valence-corrected chi connectivity index (χ2v) is 15.8. The maximum Gasteiger partial charge on any atom is 0.328 e. The molecular formula is C21H40O8Si2. The van der Waals surface area contributed by atoms with Crippen LogP contribution in [-0.2, 0) is 18.0 Å². The largest absolute Gasteiger partial charge is 0.432 e. The van der Waals surface area contributed by atoms with Crippen molar-refractivity contribution in [3.8, 4) is 0 Å². The highest BCUT2D eigenvalue weighted by Crippen LogP contribution is 2.27. The standard InChI is InChI=1S/C21H40O8Si2/c1-26-31(13-7-11-27-17-19(24)15-22,14-8-12-28-18-20(25)16-23)29-30(2,3)21-9-5-4-6-10-21/h4-6,9-10,19-20,22-25H,7-8,11-18H2,1-3H3. The number of hydrogen-bond donors (Lipinski definition) is 4. The third kappa shape index (κ3) is 11.2. The number of hydrogen-bond acceptors (Lipinski definition) is 8. The summed E-state index contributed by atoms with van der Waals surface area (Å²) in [5, 5.41) is 37.8. The second kappa shape index (κ2) is 15.2. The topological polar surface area (TPSA) is 118 Å². The Kier molecular flexibility index (Phi) is 13.9. The fourth-order valence-electron chi connectivity index (χ4n) is 3.27. The lowest BCUT2D eigenvalue weighted by Gasteiger charge is -2.37. The van der Waals surface area contributed by atoms with Gasteiger partial charge in [-0.2, -0.15) is 0 Å². The summed E-state index contributed by atoms with van der Waals surface area (Å²) >= 11 is 0. The van der Waals surface area contributed by atoms with E-state index in [9.17, 15) is 10.2 Å². The van der Waals surface area contributed by atoms with Crippen LogP contribution in [0.2, 0.25) is 25.2 Å². The van der Waals surface area contributed by atoms with E-state index in [1.165, 1.54) is 5.19 Å². The molecule has 180 valence electrons. The molecule has 1 rings (SSSR count). The Morgan fingerprint density at radius 2 is 1.32 bits per heavy atom. The van der Waals surface area contributed by atoms with Gasteiger partial charge in [-0.1, -0.05) is 30.3 Å². The van der Waals surface area contributed by atoms with Crippen molar-refractivity contribution in [1.29, 1.82) is 0 Å². The monoisotopic (exact) mass is 476 g/mol. The van der Waals surface area contributed by atoms with Crippen molar-refractivity contribution < 1.29 is 38.4 Å². The minimum atomic E-state index is -2.58. The van der Waals surface area contributed by atoms with Crippen LogP contribution in [0.4, 0.5) is 0 Å². The molecule has 0 amide bonds. The molecule has 1 aromatic carbocycles. The second-order valence-electron chi connectivity index (χ2n) is 8.12. The molecule has 0 aliphatic heterocycles. The molecule has 0 fully saturated rings. The van der Waals surface area contributed by atoms with Gasteiger partial charge in [0.1, 0.15) is 12.2 Å². The van der Waals surface area contributed by atoms with Gasteiger partial charge in [0.25, 0.3) is 0 Å². The van der Waals surface area contributed by atoms with Crippen molar-refractivity contribution in [3.63, 3.8) is 0 Å². The summed E-state index contributed by atoms with van der Waals surface area (Å²) in [6, 6.07) is 11.7. The Morgan fingerprint density at radius 3 is 1.74 bits per heavy atom. The average Bonchev–Trinajstić information content (AvgIpc) is 2.78. The Morgan fingerprint density at radius 1 is 0.839 bits per heavy atom. The smallest absolute Gasteiger partial charge is 0.328 e. The first-order chi connectivity index (χ1) is 14.8. The fourth-order valence-corrected chi connectivity index (χ4v) is 11.6. The van der Waals surface area contributed by atoms with Gasteiger partial charge >= 0.3 is 8.56 Å². The number of rotatable bonds is 18. The Bertz CT molecular complexity index is 556. The van der Waals surface area contributed by atoms with E-state index in [1.807, 2.05) is 18.2 Å². The van der Waals surface area contributed by atoms with E-state index >= 15 is 0 Å². The lowest BCUT2D eigenvalue weighted by Crippen LogP contribution is -2.56. The van der Waals surface area contributed by atoms with Gasteiger partial charge in [-0.05, 0) is 43.2 Å². The highest BCUT2D eigenvalue weighted by atomic mass is 28.4. The van der Waals surface area contributed by atoms with Crippen molar-refractivity contribution in [2.24, 2.45) is 0 Å². The summed E-state index contributed by atoms with van der Waals surface area (Å²) in [4.78, 5) is 0. The molecule has 0 saturated heterocycles. The van der Waals surface area contributed by atoms with Gasteiger partial charge in [-0.25, -0.2) is 0 Å². The van der Waals surface area contributed by atoms with Gasteiger partial charge in [0.15, 0.2) is 0 Å². The van der Waals surface area contributed by atoms with Crippen LogP contribution in [0.3, 0.4) is 0 Å². The fraction of sp³-hybridized carbons (Fsp3) is 0.714. The molecule has 2 atom stereocenters. The minimum Gasteiger partial charge on any atom is -0.432 e. The van der Waals surface area contributed by atoms with E-state index in [1.54, 1.807) is 7.11 Å². The molecule has 0 spiro atoms. The molecule has 0 radical (unpaired) electrons. The molecular weight excluding hydrogens is 436 g/mol. The SMILES string of the molecule is CO[Si](CCCOCC(O)CO)(CCCOCC(O)CO)O[Si](C)(C)c1ccccc1. The zero-order valence-electron chi connectivity index (χ0n) is 19.0. The van der Waals surface area contributed by atoms with Crippen LogP contribution in [-0.4, -0.2) is 96.3 Å². The van der Waals surface area contributed by atoms with Crippen LogP contribution in [0.15, 0.2) is 30.3 Å². The zero-order valence-corrected chi connectivity index (χ0v) is 21.0. The molecule has 0 heterocycles. The van der Waals surface area contributed by atoms with E-state index in [0.29, 0.717) is 13.2 Å². The van der Waals surface area contributed by atoms with Gasteiger partial charge in [-0.15, -0.1) is 0 Å². The molecule has 31 heavy (non-hydrogen) atoms. The van der Waals surface area contributed by atoms with E-state index in [2.05, 4.69) is 25.2 Å². The molecule has 0 saturated carbocycles. The first kappa shape index (κ1) is 28.4. The number of aliphatic hydroxyl groups excluding tert-OH is 4. The third-order valence-electron chi connectivity index (χ3n) is 5.02. The van der Waals surface area contributed by atoms with Crippen LogP contribution >= 0.6 is 0 Å². The van der Waals surface area contributed by atoms with Gasteiger partial charge in [0, 0.05) is 20.3 Å². The van der Waals surface area contributed by atoms with Crippen LogP contribution in [0.5, 0.6) is 0 Å². The Labute approximate surface area is 188 Å². The predicted octanol–water partition coefficient (Wildman–Crippen LogP) is 0.724. The van der Waals surface area contributed by atoms with Gasteiger partial charge < -0.3 is 38.4 Å². The molecule has 1 aromatic rings. The molecule has 8 nitrogen and oxygen atoms in total. The molecule has 10 heteroatoms. The molecule has 0 aliphatic carbocycles. The molecule has 0 bridgehead atoms. The summed E-state index contributed by atoms with van der Waals surface area (Å²) in [5.74, 6) is 0. The van der Waals surface area contributed by atoms with E-state index in [0.717, 1.165) is 24.9 Å². The lowest BCUT2D eigenvalue weighted by molar-refractivity contribution is 0.00547.